The number of hydrogen-bond acceptors (Lipinski definition) is 9. The lowest BCUT2D eigenvalue weighted by Crippen LogP contribution is -2.27. The van der Waals surface area contributed by atoms with Gasteiger partial charge in [-0.1, -0.05) is 11.4 Å². The summed E-state index contributed by atoms with van der Waals surface area (Å²) < 4.78 is 31.1. The van der Waals surface area contributed by atoms with Crippen LogP contribution in [0.5, 0.6) is 0 Å². The lowest BCUT2D eigenvalue weighted by molar-refractivity contribution is -0.148. The van der Waals surface area contributed by atoms with Crippen LogP contribution >= 0.6 is 17.1 Å². The zero-order chi connectivity index (χ0) is 22.3. The molecule has 164 valence electrons. The molecule has 0 bridgehead atoms. The van der Waals surface area contributed by atoms with E-state index < -0.39 is 29.5 Å². The molecule has 1 atom stereocenters. The van der Waals surface area contributed by atoms with E-state index in [-0.39, 0.29) is 23.5 Å². The quantitative estimate of drug-likeness (QED) is 0.270. The third-order valence-corrected chi connectivity index (χ3v) is 8.65. The molecular weight excluding hydrogens is 452 g/mol. The molecule has 2 aromatic rings. The highest BCUT2D eigenvalue weighted by Crippen LogP contribution is 2.62. The lowest BCUT2D eigenvalue weighted by atomic mass is 10.1. The number of aromatic nitrogens is 3. The first-order valence-corrected chi connectivity index (χ1v) is 13.3. The molecule has 30 heavy (non-hydrogen) atoms. The van der Waals surface area contributed by atoms with E-state index in [0.29, 0.717) is 0 Å². The summed E-state index contributed by atoms with van der Waals surface area (Å²) in [6.45, 7) is 7.30. The third-order valence-electron chi connectivity index (χ3n) is 3.29. The van der Waals surface area contributed by atoms with Crippen molar-refractivity contribution >= 4 is 40.6 Å². The van der Waals surface area contributed by atoms with Crippen LogP contribution in [0.2, 0.25) is 0 Å². The predicted octanol–water partition coefficient (Wildman–Crippen LogP) is 4.15. The van der Waals surface area contributed by atoms with Gasteiger partial charge < -0.3 is 13.8 Å². The Morgan fingerprint density at radius 2 is 1.77 bits per heavy atom. The van der Waals surface area contributed by atoms with Crippen LogP contribution in [0.15, 0.2) is 36.9 Å². The molecule has 0 aliphatic carbocycles. The highest BCUT2D eigenvalue weighted by Gasteiger charge is 2.30. The highest BCUT2D eigenvalue weighted by molar-refractivity contribution is 8.68. The number of carbonyl (C=O) groups excluding carboxylic acids is 2. The molecule has 0 amide bonds. The van der Waals surface area contributed by atoms with Gasteiger partial charge >= 0.3 is 5.97 Å². The SMILES string of the molecule is CC(C)OP(=S)(OC(C)C)SCC(=O)OC(C(=O)c1ccc(F)cc1)n1cncn1. The Balaban J connectivity index is 2.12. The Morgan fingerprint density at radius 3 is 2.27 bits per heavy atom. The van der Waals surface area contributed by atoms with E-state index in [1.54, 1.807) is 0 Å². The molecule has 0 fully saturated rings. The Morgan fingerprint density at radius 1 is 1.17 bits per heavy atom. The summed E-state index contributed by atoms with van der Waals surface area (Å²) in [5, 5.41) is 3.88. The number of hydrogen-bond donors (Lipinski definition) is 0. The average molecular weight is 476 g/mol. The van der Waals surface area contributed by atoms with Crippen LogP contribution in [0, 0.1) is 5.82 Å². The van der Waals surface area contributed by atoms with Crippen molar-refractivity contribution in [3.8, 4) is 0 Å². The molecule has 0 saturated carbocycles. The first kappa shape index (κ1) is 24.6. The molecule has 12 heteroatoms. The van der Waals surface area contributed by atoms with Crippen LogP contribution < -0.4 is 0 Å². The molecule has 2 rings (SSSR count). The van der Waals surface area contributed by atoms with E-state index in [4.69, 9.17) is 25.6 Å². The fourth-order valence-electron chi connectivity index (χ4n) is 2.22. The van der Waals surface area contributed by atoms with E-state index in [1.807, 2.05) is 27.7 Å². The average Bonchev–Trinajstić information content (AvgIpc) is 3.17. The van der Waals surface area contributed by atoms with Gasteiger partial charge in [-0.2, -0.15) is 5.10 Å². The van der Waals surface area contributed by atoms with Crippen molar-refractivity contribution in [2.45, 2.75) is 46.1 Å². The minimum Gasteiger partial charge on any atom is -0.431 e. The molecule has 1 unspecified atom stereocenters. The Labute approximate surface area is 183 Å². The summed E-state index contributed by atoms with van der Waals surface area (Å²) >= 11 is 6.54. The van der Waals surface area contributed by atoms with Gasteiger partial charge in [-0.05, 0) is 63.8 Å². The zero-order valence-corrected chi connectivity index (χ0v) is 19.5. The molecule has 0 aliphatic rings. The van der Waals surface area contributed by atoms with Gasteiger partial charge in [0.25, 0.3) is 6.23 Å². The normalized spacial score (nSPS) is 12.9. The topological polar surface area (TPSA) is 92.5 Å². The maximum Gasteiger partial charge on any atom is 0.318 e. The highest BCUT2D eigenvalue weighted by atomic mass is 32.9. The summed E-state index contributed by atoms with van der Waals surface area (Å²) in [6, 6.07) is 4.89. The predicted molar refractivity (Wildman–Crippen MR) is 115 cm³/mol. The van der Waals surface area contributed by atoms with Crippen LogP contribution in [0.4, 0.5) is 4.39 Å². The number of halogens is 1. The van der Waals surface area contributed by atoms with Crippen LogP contribution in [-0.2, 0) is 30.4 Å². The molecule has 1 aromatic heterocycles. The van der Waals surface area contributed by atoms with E-state index in [1.165, 1.54) is 24.8 Å². The molecule has 8 nitrogen and oxygen atoms in total. The minimum absolute atomic E-state index is 0.161. The van der Waals surface area contributed by atoms with E-state index in [0.717, 1.165) is 28.2 Å². The smallest absolute Gasteiger partial charge is 0.318 e. The lowest BCUT2D eigenvalue weighted by Gasteiger charge is -2.25. The second kappa shape index (κ2) is 11.1. The number of ketones is 1. The summed E-state index contributed by atoms with van der Waals surface area (Å²) in [4.78, 5) is 29.1. The Hall–Kier alpha value is -1.65. The molecule has 1 aromatic carbocycles. The maximum absolute atomic E-state index is 13.2. The number of rotatable bonds is 11. The monoisotopic (exact) mass is 475 g/mol. The molecule has 0 N–H and O–H groups in total. The number of esters is 1. The molecule has 0 aliphatic heterocycles. The number of benzene rings is 1. The van der Waals surface area contributed by atoms with Crippen molar-refractivity contribution in [1.82, 2.24) is 14.8 Å². The minimum atomic E-state index is -2.79. The van der Waals surface area contributed by atoms with Crippen molar-refractivity contribution in [3.63, 3.8) is 0 Å². The Kier molecular flexibility index (Phi) is 9.11. The van der Waals surface area contributed by atoms with Gasteiger partial charge in [0.2, 0.25) is 11.5 Å². The molecule has 0 saturated heterocycles. The second-order valence-electron chi connectivity index (χ2n) is 6.62. The largest absolute Gasteiger partial charge is 0.431 e. The first-order valence-electron chi connectivity index (χ1n) is 9.04. The second-order valence-corrected chi connectivity index (χ2v) is 12.8. The fourth-order valence-corrected chi connectivity index (χ4v) is 7.45. The molecule has 0 radical (unpaired) electrons. The van der Waals surface area contributed by atoms with Gasteiger partial charge in [0, 0.05) is 5.56 Å². The van der Waals surface area contributed by atoms with Crippen molar-refractivity contribution in [2.75, 3.05) is 5.75 Å². The Bertz CT molecular complexity index is 880. The molecule has 0 spiro atoms. The standard InChI is InChI=1S/C18H23FN3O5PS2/c1-12(2)26-28(29,27-13(3)4)30-9-16(23)25-18(22-11-20-10-21-22)17(24)14-5-7-15(19)8-6-14/h5-8,10-13,18H,9H2,1-4H3. The van der Waals surface area contributed by atoms with Gasteiger partial charge in [0.05, 0.1) is 12.2 Å². The number of Topliss-reactive ketones (excluding diaryl/α,β-unsaturated/α-hetero) is 1. The number of nitrogens with zero attached hydrogens (tertiary/aromatic N) is 3. The number of ether oxygens (including phenoxy) is 1. The van der Waals surface area contributed by atoms with Crippen molar-refractivity contribution in [1.29, 1.82) is 0 Å². The fraction of sp³-hybridized carbons (Fsp3) is 0.444. The van der Waals surface area contributed by atoms with Crippen LogP contribution in [0.1, 0.15) is 44.3 Å². The van der Waals surface area contributed by atoms with Gasteiger partial charge in [0.1, 0.15) is 24.2 Å². The number of carbonyl (C=O) groups is 2. The summed E-state index contributed by atoms with van der Waals surface area (Å²) in [5.74, 6) is -1.95. The third kappa shape index (κ3) is 7.55. The summed E-state index contributed by atoms with van der Waals surface area (Å²) in [5.41, 5.74) is -2.63. The maximum atomic E-state index is 13.2. The van der Waals surface area contributed by atoms with Crippen molar-refractivity contribution in [3.05, 3.63) is 48.3 Å². The van der Waals surface area contributed by atoms with Crippen LogP contribution in [0.25, 0.3) is 0 Å². The van der Waals surface area contributed by atoms with E-state index in [2.05, 4.69) is 10.1 Å². The van der Waals surface area contributed by atoms with Crippen molar-refractivity contribution < 1.29 is 27.8 Å². The summed E-state index contributed by atoms with van der Waals surface area (Å²) in [7, 11) is 0. The van der Waals surface area contributed by atoms with E-state index in [9.17, 15) is 14.0 Å². The van der Waals surface area contributed by atoms with Gasteiger partial charge in [-0.15, -0.1) is 0 Å². The molecular formula is C18H23FN3O5PS2. The zero-order valence-electron chi connectivity index (χ0n) is 16.9. The van der Waals surface area contributed by atoms with E-state index >= 15 is 0 Å². The van der Waals surface area contributed by atoms with Gasteiger partial charge in [-0.25, -0.2) is 14.1 Å². The van der Waals surface area contributed by atoms with Crippen LogP contribution in [-0.4, -0.2) is 44.5 Å². The summed E-state index contributed by atoms with van der Waals surface area (Å²) in [6.07, 6.45) is 0.712. The van der Waals surface area contributed by atoms with Gasteiger partial charge in [0.15, 0.2) is 0 Å². The van der Waals surface area contributed by atoms with Crippen molar-refractivity contribution in [2.24, 2.45) is 0 Å². The molecule has 1 heterocycles. The first-order chi connectivity index (χ1) is 14.1. The van der Waals surface area contributed by atoms with Crippen LogP contribution in [0.3, 0.4) is 0 Å². The van der Waals surface area contributed by atoms with Gasteiger partial charge in [-0.3, -0.25) is 9.59 Å².